The van der Waals surface area contributed by atoms with Crippen molar-refractivity contribution in [1.29, 1.82) is 0 Å². The van der Waals surface area contributed by atoms with E-state index in [-0.39, 0.29) is 12.5 Å². The summed E-state index contributed by atoms with van der Waals surface area (Å²) in [6, 6.07) is 17.0. The fraction of sp³-hybridized carbons (Fsp3) is 0.250. The van der Waals surface area contributed by atoms with E-state index in [1.54, 1.807) is 26.3 Å². The number of likely N-dealkylation sites (N-methyl/N-ethyl adjacent to an activating group) is 1. The molecular weight excluding hydrogens is 302 g/mol. The van der Waals surface area contributed by atoms with Gasteiger partial charge in [-0.25, -0.2) is 0 Å². The van der Waals surface area contributed by atoms with E-state index in [2.05, 4.69) is 0 Å². The van der Waals surface area contributed by atoms with Crippen LogP contribution in [-0.2, 0) is 4.79 Å². The molecule has 0 saturated heterocycles. The predicted molar refractivity (Wildman–Crippen MR) is 95.7 cm³/mol. The highest BCUT2D eigenvalue weighted by atomic mass is 16.5. The Hall–Kier alpha value is -2.59. The largest absolute Gasteiger partial charge is 0.497 e. The molecule has 0 saturated carbocycles. The second-order valence-corrected chi connectivity index (χ2v) is 5.70. The summed E-state index contributed by atoms with van der Waals surface area (Å²) in [5.41, 5.74) is 2.62. The minimum atomic E-state index is -0.764. The van der Waals surface area contributed by atoms with Crippen LogP contribution in [0.3, 0.4) is 0 Å². The summed E-state index contributed by atoms with van der Waals surface area (Å²) in [4.78, 5) is 13.8. The number of hydrogen-bond donors (Lipinski definition) is 1. The van der Waals surface area contributed by atoms with Crippen molar-refractivity contribution < 1.29 is 14.6 Å². The lowest BCUT2D eigenvalue weighted by Crippen LogP contribution is -2.29. The number of ether oxygens (including phenoxy) is 1. The van der Waals surface area contributed by atoms with Crippen LogP contribution in [0.2, 0.25) is 0 Å². The Labute approximate surface area is 143 Å². The van der Waals surface area contributed by atoms with Crippen LogP contribution in [0, 0.1) is 0 Å². The van der Waals surface area contributed by atoms with Crippen molar-refractivity contribution in [2.24, 2.45) is 0 Å². The zero-order valence-corrected chi connectivity index (χ0v) is 14.3. The number of rotatable bonds is 6. The van der Waals surface area contributed by atoms with Crippen LogP contribution in [0.5, 0.6) is 5.75 Å². The zero-order valence-electron chi connectivity index (χ0n) is 14.3. The van der Waals surface area contributed by atoms with Gasteiger partial charge in [0.25, 0.3) is 0 Å². The molecule has 0 spiro atoms. The third-order valence-electron chi connectivity index (χ3n) is 3.87. The molecular formula is C20H23NO3. The Bertz CT molecular complexity index is 710. The Morgan fingerprint density at radius 2 is 1.92 bits per heavy atom. The number of methoxy groups -OCH3 is 1. The van der Waals surface area contributed by atoms with Gasteiger partial charge in [0.2, 0.25) is 5.91 Å². The van der Waals surface area contributed by atoms with Gasteiger partial charge in [-0.15, -0.1) is 0 Å². The molecule has 0 bridgehead atoms. The molecule has 2 aromatic carbocycles. The summed E-state index contributed by atoms with van der Waals surface area (Å²) >= 11 is 0. The molecule has 1 unspecified atom stereocenters. The summed E-state index contributed by atoms with van der Waals surface area (Å²) < 4.78 is 5.16. The fourth-order valence-corrected chi connectivity index (χ4v) is 2.38. The smallest absolute Gasteiger partial charge is 0.246 e. The van der Waals surface area contributed by atoms with Crippen molar-refractivity contribution in [2.45, 2.75) is 13.0 Å². The number of carbonyl (C=O) groups excluding carboxylic acids is 1. The molecule has 2 aromatic rings. The highest BCUT2D eigenvalue weighted by Gasteiger charge is 2.14. The summed E-state index contributed by atoms with van der Waals surface area (Å²) in [6.45, 7) is 2.12. The van der Waals surface area contributed by atoms with Crippen LogP contribution in [0.4, 0.5) is 0 Å². The fourth-order valence-electron chi connectivity index (χ4n) is 2.38. The highest BCUT2D eigenvalue weighted by molar-refractivity contribution is 5.94. The summed E-state index contributed by atoms with van der Waals surface area (Å²) in [7, 11) is 3.26. The predicted octanol–water partition coefficient (Wildman–Crippen LogP) is 3.29. The molecule has 2 rings (SSSR count). The zero-order chi connectivity index (χ0) is 17.5. The molecule has 0 heterocycles. The molecule has 126 valence electrons. The van der Waals surface area contributed by atoms with E-state index in [4.69, 9.17) is 4.74 Å². The molecule has 1 amide bonds. The van der Waals surface area contributed by atoms with Gasteiger partial charge < -0.3 is 14.7 Å². The molecule has 24 heavy (non-hydrogen) atoms. The first-order chi connectivity index (χ1) is 11.5. The van der Waals surface area contributed by atoms with E-state index in [1.165, 1.54) is 4.90 Å². The molecule has 4 heteroatoms. The average molecular weight is 325 g/mol. The van der Waals surface area contributed by atoms with Crippen molar-refractivity contribution in [3.63, 3.8) is 0 Å². The van der Waals surface area contributed by atoms with Crippen LogP contribution in [-0.4, -0.2) is 36.6 Å². The first-order valence-corrected chi connectivity index (χ1v) is 7.82. The van der Waals surface area contributed by atoms with Crippen LogP contribution in [0.15, 0.2) is 60.7 Å². The van der Waals surface area contributed by atoms with Crippen LogP contribution in [0.25, 0.3) is 5.57 Å². The number of hydrogen-bond acceptors (Lipinski definition) is 3. The molecule has 0 aliphatic carbocycles. The second-order valence-electron chi connectivity index (χ2n) is 5.70. The Kier molecular flexibility index (Phi) is 6.15. The summed E-state index contributed by atoms with van der Waals surface area (Å²) in [5.74, 6) is 0.540. The lowest BCUT2D eigenvalue weighted by molar-refractivity contribution is -0.126. The lowest BCUT2D eigenvalue weighted by Gasteiger charge is -2.20. The normalized spacial score (nSPS) is 12.6. The van der Waals surface area contributed by atoms with Gasteiger partial charge in [0.05, 0.1) is 19.8 Å². The van der Waals surface area contributed by atoms with Crippen molar-refractivity contribution >= 4 is 11.5 Å². The lowest BCUT2D eigenvalue weighted by atomic mass is 10.1. The highest BCUT2D eigenvalue weighted by Crippen LogP contribution is 2.20. The van der Waals surface area contributed by atoms with Crippen LogP contribution >= 0.6 is 0 Å². The Morgan fingerprint density at radius 3 is 2.58 bits per heavy atom. The van der Waals surface area contributed by atoms with E-state index in [0.717, 1.165) is 16.7 Å². The minimum absolute atomic E-state index is 0.140. The standard InChI is InChI=1S/C20H23NO3/c1-15(16-8-5-4-6-9-16)12-20(23)21(2)14-19(22)17-10-7-11-18(13-17)24-3/h4-13,19,22H,14H2,1-3H3/b15-12+. The molecule has 0 aromatic heterocycles. The van der Waals surface area contributed by atoms with Crippen molar-refractivity contribution in [3.05, 3.63) is 71.8 Å². The van der Waals surface area contributed by atoms with Crippen molar-refractivity contribution in [2.75, 3.05) is 20.7 Å². The van der Waals surface area contributed by atoms with Crippen molar-refractivity contribution in [1.82, 2.24) is 4.90 Å². The molecule has 0 fully saturated rings. The Balaban J connectivity index is 2.03. The van der Waals surface area contributed by atoms with E-state index in [1.807, 2.05) is 55.5 Å². The van der Waals surface area contributed by atoms with Gasteiger partial charge in [-0.1, -0.05) is 42.5 Å². The second kappa shape index (κ2) is 8.31. The number of aliphatic hydroxyl groups is 1. The molecule has 4 nitrogen and oxygen atoms in total. The maximum Gasteiger partial charge on any atom is 0.246 e. The quantitative estimate of drug-likeness (QED) is 0.829. The van der Waals surface area contributed by atoms with Gasteiger partial charge in [0, 0.05) is 13.1 Å². The maximum absolute atomic E-state index is 12.3. The first-order valence-electron chi connectivity index (χ1n) is 7.82. The number of carbonyl (C=O) groups is 1. The SMILES string of the molecule is COc1cccc(C(O)CN(C)C(=O)/C=C(\C)c2ccccc2)c1. The monoisotopic (exact) mass is 325 g/mol. The number of allylic oxidation sites excluding steroid dienone is 1. The molecule has 1 N–H and O–H groups in total. The van der Waals surface area contributed by atoms with Gasteiger partial charge in [-0.2, -0.15) is 0 Å². The van der Waals surface area contributed by atoms with E-state index in [0.29, 0.717) is 5.75 Å². The minimum Gasteiger partial charge on any atom is -0.497 e. The topological polar surface area (TPSA) is 49.8 Å². The third kappa shape index (κ3) is 4.70. The van der Waals surface area contributed by atoms with Crippen molar-refractivity contribution in [3.8, 4) is 5.75 Å². The van der Waals surface area contributed by atoms with Gasteiger partial charge in [0.15, 0.2) is 0 Å². The van der Waals surface area contributed by atoms with Gasteiger partial charge >= 0.3 is 0 Å². The van der Waals surface area contributed by atoms with Crippen LogP contribution in [0.1, 0.15) is 24.2 Å². The molecule has 0 aliphatic heterocycles. The maximum atomic E-state index is 12.3. The summed E-state index contributed by atoms with van der Waals surface area (Å²) in [6.07, 6.45) is 0.827. The molecule has 1 atom stereocenters. The number of aliphatic hydroxyl groups excluding tert-OH is 1. The number of amides is 1. The van der Waals surface area contributed by atoms with E-state index >= 15 is 0 Å². The van der Waals surface area contributed by atoms with Crippen LogP contribution < -0.4 is 4.74 Å². The molecule has 0 radical (unpaired) electrons. The Morgan fingerprint density at radius 1 is 1.21 bits per heavy atom. The van der Waals surface area contributed by atoms with Gasteiger partial charge in [-0.05, 0) is 35.8 Å². The third-order valence-corrected chi connectivity index (χ3v) is 3.87. The van der Waals surface area contributed by atoms with Gasteiger partial charge in [0.1, 0.15) is 5.75 Å². The average Bonchev–Trinajstić information content (AvgIpc) is 2.62. The van der Waals surface area contributed by atoms with E-state index in [9.17, 15) is 9.90 Å². The number of nitrogens with zero attached hydrogens (tertiary/aromatic N) is 1. The van der Waals surface area contributed by atoms with E-state index < -0.39 is 6.10 Å². The molecule has 0 aliphatic rings. The van der Waals surface area contributed by atoms with Gasteiger partial charge in [-0.3, -0.25) is 4.79 Å². The summed E-state index contributed by atoms with van der Waals surface area (Å²) in [5, 5.41) is 10.3. The first kappa shape index (κ1) is 17.8. The number of benzene rings is 2.